The molecule has 0 radical (unpaired) electrons. The van der Waals surface area contributed by atoms with Crippen LogP contribution >= 0.6 is 11.6 Å². The van der Waals surface area contributed by atoms with E-state index < -0.39 is 0 Å². The Morgan fingerprint density at radius 2 is 1.42 bits per heavy atom. The van der Waals surface area contributed by atoms with Crippen molar-refractivity contribution >= 4 is 45.9 Å². The molecule has 4 aromatic rings. The summed E-state index contributed by atoms with van der Waals surface area (Å²) in [6, 6.07) is 15.4. The van der Waals surface area contributed by atoms with Gasteiger partial charge in [-0.15, -0.1) is 0 Å². The van der Waals surface area contributed by atoms with Crippen molar-refractivity contribution < 1.29 is 0 Å². The maximum atomic E-state index is 5.93. The van der Waals surface area contributed by atoms with Gasteiger partial charge < -0.3 is 10.6 Å². The average Bonchev–Trinajstić information content (AvgIpc) is 2.65. The first-order valence-electron chi connectivity index (χ1n) is 8.02. The van der Waals surface area contributed by atoms with Crippen molar-refractivity contribution in [1.29, 1.82) is 0 Å². The Hall–Kier alpha value is -3.25. The zero-order chi connectivity index (χ0) is 17.9. The molecule has 0 fully saturated rings. The van der Waals surface area contributed by atoms with Crippen molar-refractivity contribution in [2.24, 2.45) is 0 Å². The lowest BCUT2D eigenvalue weighted by Gasteiger charge is -2.11. The topological polar surface area (TPSA) is 75.6 Å². The lowest BCUT2D eigenvalue weighted by Crippen LogP contribution is -2.04. The SMILES string of the molecule is Cc1ccc(Nc2nc(Nc3ccc(Cl)cc3)nc3nccnc23)cc1. The summed E-state index contributed by atoms with van der Waals surface area (Å²) in [5.74, 6) is 1.01. The average molecular weight is 363 g/mol. The van der Waals surface area contributed by atoms with Crippen LogP contribution in [0.4, 0.5) is 23.1 Å². The van der Waals surface area contributed by atoms with E-state index in [2.05, 4.69) is 30.6 Å². The third-order valence-corrected chi connectivity index (χ3v) is 4.00. The van der Waals surface area contributed by atoms with Crippen LogP contribution in [0, 0.1) is 6.92 Å². The third kappa shape index (κ3) is 3.55. The molecule has 0 aliphatic carbocycles. The predicted molar refractivity (Wildman–Crippen MR) is 104 cm³/mol. The molecule has 0 aliphatic rings. The molecule has 0 aliphatic heterocycles. The largest absolute Gasteiger partial charge is 0.338 e. The summed E-state index contributed by atoms with van der Waals surface area (Å²) in [5.41, 5.74) is 4.05. The molecule has 128 valence electrons. The molecule has 2 aromatic carbocycles. The van der Waals surface area contributed by atoms with Gasteiger partial charge in [-0.3, -0.25) is 0 Å². The van der Waals surface area contributed by atoms with E-state index in [-0.39, 0.29) is 0 Å². The number of rotatable bonds is 4. The molecule has 26 heavy (non-hydrogen) atoms. The highest BCUT2D eigenvalue weighted by molar-refractivity contribution is 6.30. The van der Waals surface area contributed by atoms with Crippen molar-refractivity contribution in [2.75, 3.05) is 10.6 Å². The van der Waals surface area contributed by atoms with Gasteiger partial charge in [-0.05, 0) is 43.3 Å². The van der Waals surface area contributed by atoms with Gasteiger partial charge in [-0.2, -0.15) is 9.97 Å². The molecule has 0 spiro atoms. The fourth-order valence-corrected chi connectivity index (χ4v) is 2.57. The smallest absolute Gasteiger partial charge is 0.231 e. The summed E-state index contributed by atoms with van der Waals surface area (Å²) in [4.78, 5) is 17.7. The summed E-state index contributed by atoms with van der Waals surface area (Å²) < 4.78 is 0. The summed E-state index contributed by atoms with van der Waals surface area (Å²) in [5, 5.41) is 7.13. The van der Waals surface area contributed by atoms with Crippen molar-refractivity contribution in [3.8, 4) is 0 Å². The van der Waals surface area contributed by atoms with Crippen LogP contribution in [0.25, 0.3) is 11.2 Å². The lowest BCUT2D eigenvalue weighted by molar-refractivity contribution is 1.15. The Kier molecular flexibility index (Phi) is 4.33. The summed E-state index contributed by atoms with van der Waals surface area (Å²) in [6.45, 7) is 2.05. The van der Waals surface area contributed by atoms with E-state index in [0.29, 0.717) is 28.0 Å². The number of aromatic nitrogens is 4. The Balaban J connectivity index is 1.72. The number of hydrogen-bond acceptors (Lipinski definition) is 6. The third-order valence-electron chi connectivity index (χ3n) is 3.75. The fourth-order valence-electron chi connectivity index (χ4n) is 2.44. The Bertz CT molecular complexity index is 1050. The van der Waals surface area contributed by atoms with Crippen LogP contribution in [0.3, 0.4) is 0 Å². The molecule has 0 saturated carbocycles. The first-order chi connectivity index (χ1) is 12.7. The van der Waals surface area contributed by atoms with Gasteiger partial charge in [0, 0.05) is 28.8 Å². The van der Waals surface area contributed by atoms with Gasteiger partial charge in [-0.1, -0.05) is 29.3 Å². The minimum Gasteiger partial charge on any atom is -0.338 e. The van der Waals surface area contributed by atoms with Crippen molar-refractivity contribution in [3.05, 3.63) is 71.5 Å². The lowest BCUT2D eigenvalue weighted by atomic mass is 10.2. The van der Waals surface area contributed by atoms with E-state index in [1.165, 1.54) is 5.56 Å². The van der Waals surface area contributed by atoms with Gasteiger partial charge in [-0.25, -0.2) is 9.97 Å². The van der Waals surface area contributed by atoms with Gasteiger partial charge in [0.15, 0.2) is 17.0 Å². The van der Waals surface area contributed by atoms with Crippen LogP contribution in [-0.4, -0.2) is 19.9 Å². The second kappa shape index (κ2) is 6.93. The molecule has 7 heteroatoms. The molecule has 0 bridgehead atoms. The van der Waals surface area contributed by atoms with Crippen molar-refractivity contribution in [1.82, 2.24) is 19.9 Å². The fraction of sp³-hybridized carbons (Fsp3) is 0.0526. The summed E-state index contributed by atoms with van der Waals surface area (Å²) in [6.07, 6.45) is 3.23. The van der Waals surface area contributed by atoms with Crippen LogP contribution in [0.2, 0.25) is 5.02 Å². The second-order valence-corrected chi connectivity index (χ2v) is 6.18. The van der Waals surface area contributed by atoms with Gasteiger partial charge in [0.25, 0.3) is 0 Å². The van der Waals surface area contributed by atoms with Gasteiger partial charge in [0.05, 0.1) is 0 Å². The molecule has 0 unspecified atom stereocenters. The molecule has 2 aromatic heterocycles. The maximum absolute atomic E-state index is 5.93. The Morgan fingerprint density at radius 1 is 0.769 bits per heavy atom. The Morgan fingerprint density at radius 3 is 2.19 bits per heavy atom. The standard InChI is InChI=1S/C19H15ClN6/c1-12-2-6-14(7-3-12)23-18-16-17(22-11-10-21-16)25-19(26-18)24-15-8-4-13(20)5-9-15/h2-11H,1H3,(H2,22,23,24,25,26). The number of nitrogens with zero attached hydrogens (tertiary/aromatic N) is 4. The number of hydrogen-bond donors (Lipinski definition) is 2. The molecular weight excluding hydrogens is 348 g/mol. The summed E-state index contributed by atoms with van der Waals surface area (Å²) in [7, 11) is 0. The number of nitrogens with one attached hydrogen (secondary N) is 2. The highest BCUT2D eigenvalue weighted by atomic mass is 35.5. The van der Waals surface area contributed by atoms with Gasteiger partial charge >= 0.3 is 0 Å². The molecule has 2 heterocycles. The summed E-state index contributed by atoms with van der Waals surface area (Å²) >= 11 is 5.93. The number of fused-ring (bicyclic) bond motifs is 1. The first-order valence-corrected chi connectivity index (χ1v) is 8.40. The molecule has 6 nitrogen and oxygen atoms in total. The van der Waals surface area contributed by atoms with Crippen molar-refractivity contribution in [2.45, 2.75) is 6.92 Å². The first kappa shape index (κ1) is 16.2. The Labute approximate surface area is 155 Å². The zero-order valence-electron chi connectivity index (χ0n) is 13.9. The van der Waals surface area contributed by atoms with Crippen LogP contribution < -0.4 is 10.6 Å². The van der Waals surface area contributed by atoms with E-state index >= 15 is 0 Å². The number of anilines is 4. The van der Waals surface area contributed by atoms with Crippen LogP contribution in [0.15, 0.2) is 60.9 Å². The van der Waals surface area contributed by atoms with Crippen LogP contribution in [0.1, 0.15) is 5.56 Å². The minimum absolute atomic E-state index is 0.426. The van der Waals surface area contributed by atoms with Crippen LogP contribution in [-0.2, 0) is 0 Å². The monoisotopic (exact) mass is 362 g/mol. The molecule has 2 N–H and O–H groups in total. The number of halogens is 1. The molecular formula is C19H15ClN6. The van der Waals surface area contributed by atoms with E-state index in [1.807, 2.05) is 43.3 Å². The normalized spacial score (nSPS) is 10.7. The predicted octanol–water partition coefficient (Wildman–Crippen LogP) is 4.87. The molecule has 0 amide bonds. The molecule has 4 rings (SSSR count). The highest BCUT2D eigenvalue weighted by Gasteiger charge is 2.10. The minimum atomic E-state index is 0.426. The van der Waals surface area contributed by atoms with E-state index in [0.717, 1.165) is 11.4 Å². The van der Waals surface area contributed by atoms with E-state index in [4.69, 9.17) is 11.6 Å². The van der Waals surface area contributed by atoms with Crippen molar-refractivity contribution in [3.63, 3.8) is 0 Å². The molecule has 0 atom stereocenters. The number of aryl methyl sites for hydroxylation is 1. The maximum Gasteiger partial charge on any atom is 0.231 e. The quantitative estimate of drug-likeness (QED) is 0.539. The van der Waals surface area contributed by atoms with Gasteiger partial charge in [0.2, 0.25) is 5.95 Å². The van der Waals surface area contributed by atoms with E-state index in [9.17, 15) is 0 Å². The van der Waals surface area contributed by atoms with E-state index in [1.54, 1.807) is 24.5 Å². The molecule has 0 saturated heterocycles. The zero-order valence-corrected chi connectivity index (χ0v) is 14.7. The van der Waals surface area contributed by atoms with Crippen LogP contribution in [0.5, 0.6) is 0 Å². The highest BCUT2D eigenvalue weighted by Crippen LogP contribution is 2.24. The second-order valence-electron chi connectivity index (χ2n) is 5.75. The number of benzene rings is 2. The van der Waals surface area contributed by atoms with Gasteiger partial charge in [0.1, 0.15) is 0 Å².